The van der Waals surface area contributed by atoms with Crippen LogP contribution in [0.3, 0.4) is 0 Å². The zero-order valence-corrected chi connectivity index (χ0v) is 10.3. The van der Waals surface area contributed by atoms with Gasteiger partial charge in [0.1, 0.15) is 0 Å². The van der Waals surface area contributed by atoms with E-state index in [9.17, 15) is 0 Å². The molecule has 0 aliphatic carbocycles. The van der Waals surface area contributed by atoms with Crippen LogP contribution in [0.5, 0.6) is 0 Å². The summed E-state index contributed by atoms with van der Waals surface area (Å²) in [4.78, 5) is 0. The van der Waals surface area contributed by atoms with Crippen LogP contribution in [0.2, 0.25) is 0 Å². The molecule has 84 valence electrons. The van der Waals surface area contributed by atoms with Gasteiger partial charge in [0.05, 0.1) is 6.10 Å². The number of hydrogen-bond acceptors (Lipinski definition) is 2. The first-order valence-corrected chi connectivity index (χ1v) is 5.34. The Hall–Kier alpha value is -0.340. The number of ether oxygens (including phenoxy) is 1. The Morgan fingerprint density at radius 2 is 2.00 bits per heavy atom. The van der Waals surface area contributed by atoms with Crippen molar-refractivity contribution in [3.8, 4) is 0 Å². The van der Waals surface area contributed by atoms with Gasteiger partial charge in [-0.1, -0.05) is 33.8 Å². The van der Waals surface area contributed by atoms with Crippen LogP contribution in [0.15, 0.2) is 12.7 Å². The first-order valence-electron chi connectivity index (χ1n) is 5.34. The second-order valence-electron chi connectivity index (χ2n) is 4.71. The fourth-order valence-corrected chi connectivity index (χ4v) is 1.88. The van der Waals surface area contributed by atoms with E-state index in [1.807, 2.05) is 6.08 Å². The highest BCUT2D eigenvalue weighted by atomic mass is 16.5. The van der Waals surface area contributed by atoms with Gasteiger partial charge in [0.15, 0.2) is 0 Å². The molecule has 2 atom stereocenters. The Bertz CT molecular complexity index is 160. The summed E-state index contributed by atoms with van der Waals surface area (Å²) < 4.78 is 5.57. The Kier molecular flexibility index (Phi) is 6.05. The zero-order chi connectivity index (χ0) is 11.2. The molecule has 2 nitrogen and oxygen atoms in total. The van der Waals surface area contributed by atoms with Gasteiger partial charge in [-0.3, -0.25) is 0 Å². The average molecular weight is 199 g/mol. The smallest absolute Gasteiger partial charge is 0.0775 e. The number of likely N-dealkylation sites (N-methyl/N-ethyl adjacent to an activating group) is 1. The summed E-state index contributed by atoms with van der Waals surface area (Å²) in [5.41, 5.74) is 0.157. The summed E-state index contributed by atoms with van der Waals surface area (Å²) in [7, 11) is 1.78. The Morgan fingerprint density at radius 1 is 1.43 bits per heavy atom. The monoisotopic (exact) mass is 199 g/mol. The van der Waals surface area contributed by atoms with Crippen molar-refractivity contribution in [3.05, 3.63) is 12.7 Å². The van der Waals surface area contributed by atoms with Crippen molar-refractivity contribution in [1.29, 1.82) is 0 Å². The summed E-state index contributed by atoms with van der Waals surface area (Å²) >= 11 is 0. The third kappa shape index (κ3) is 4.25. The molecule has 0 aromatic rings. The van der Waals surface area contributed by atoms with Crippen molar-refractivity contribution in [2.45, 2.75) is 46.3 Å². The van der Waals surface area contributed by atoms with E-state index < -0.39 is 0 Å². The van der Waals surface area contributed by atoms with E-state index in [0.29, 0.717) is 6.04 Å². The minimum Gasteiger partial charge on any atom is -0.379 e. The van der Waals surface area contributed by atoms with Gasteiger partial charge in [0.25, 0.3) is 0 Å². The van der Waals surface area contributed by atoms with Gasteiger partial charge in [-0.05, 0) is 18.4 Å². The van der Waals surface area contributed by atoms with Gasteiger partial charge in [-0.15, -0.1) is 6.58 Å². The highest BCUT2D eigenvalue weighted by molar-refractivity contribution is 4.90. The molecule has 0 fully saturated rings. The van der Waals surface area contributed by atoms with Crippen molar-refractivity contribution in [3.63, 3.8) is 0 Å². The Labute approximate surface area is 88.7 Å². The van der Waals surface area contributed by atoms with Crippen LogP contribution in [0.25, 0.3) is 0 Å². The lowest BCUT2D eigenvalue weighted by Gasteiger charge is -2.36. The number of hydrogen-bond donors (Lipinski definition) is 1. The average Bonchev–Trinajstić information content (AvgIpc) is 2.03. The minimum atomic E-state index is 0.157. The molecule has 0 saturated heterocycles. The van der Waals surface area contributed by atoms with Crippen LogP contribution in [0.4, 0.5) is 0 Å². The van der Waals surface area contributed by atoms with Crippen molar-refractivity contribution >= 4 is 0 Å². The highest BCUT2D eigenvalue weighted by Gasteiger charge is 2.30. The van der Waals surface area contributed by atoms with Crippen LogP contribution in [0.1, 0.15) is 34.1 Å². The molecule has 0 saturated carbocycles. The molecular formula is C12H25NO. The number of methoxy groups -OCH3 is 1. The molecule has 0 amide bonds. The van der Waals surface area contributed by atoms with Gasteiger partial charge in [0.2, 0.25) is 0 Å². The quantitative estimate of drug-likeness (QED) is 0.664. The van der Waals surface area contributed by atoms with E-state index in [0.717, 1.165) is 13.0 Å². The molecule has 0 aliphatic heterocycles. The van der Waals surface area contributed by atoms with E-state index in [1.165, 1.54) is 0 Å². The minimum absolute atomic E-state index is 0.157. The van der Waals surface area contributed by atoms with Crippen molar-refractivity contribution < 1.29 is 4.74 Å². The fourth-order valence-electron chi connectivity index (χ4n) is 1.88. The molecule has 0 spiro atoms. The third-order valence-electron chi connectivity index (χ3n) is 2.36. The second-order valence-corrected chi connectivity index (χ2v) is 4.71. The van der Waals surface area contributed by atoms with Gasteiger partial charge >= 0.3 is 0 Å². The molecule has 2 heteroatoms. The first kappa shape index (κ1) is 13.7. The summed E-state index contributed by atoms with van der Waals surface area (Å²) in [6.45, 7) is 13.5. The van der Waals surface area contributed by atoms with Crippen LogP contribution in [-0.4, -0.2) is 25.8 Å². The maximum absolute atomic E-state index is 5.57. The molecule has 0 aliphatic rings. The zero-order valence-electron chi connectivity index (χ0n) is 10.3. The summed E-state index contributed by atoms with van der Waals surface area (Å²) in [5.74, 6) is 0. The standard InChI is InChI=1S/C12H25NO/c1-7-9-10(13-8-2)11(14-6)12(3,4)5/h7,10-11,13H,1,8-9H2,2-6H3. The largest absolute Gasteiger partial charge is 0.379 e. The van der Waals surface area contributed by atoms with Gasteiger partial charge < -0.3 is 10.1 Å². The molecule has 1 N–H and O–H groups in total. The SMILES string of the molecule is C=CCC(NCC)C(OC)C(C)(C)C. The normalized spacial score (nSPS) is 16.4. The molecule has 0 radical (unpaired) electrons. The lowest BCUT2D eigenvalue weighted by atomic mass is 9.83. The van der Waals surface area contributed by atoms with Gasteiger partial charge in [0, 0.05) is 13.2 Å². The lowest BCUT2D eigenvalue weighted by molar-refractivity contribution is -0.00995. The van der Waals surface area contributed by atoms with E-state index >= 15 is 0 Å². The maximum Gasteiger partial charge on any atom is 0.0775 e. The Morgan fingerprint density at radius 3 is 2.29 bits per heavy atom. The predicted molar refractivity (Wildman–Crippen MR) is 62.5 cm³/mol. The number of rotatable bonds is 6. The molecule has 14 heavy (non-hydrogen) atoms. The summed E-state index contributed by atoms with van der Waals surface area (Å²) in [5, 5.41) is 3.44. The first-order chi connectivity index (χ1) is 6.47. The van der Waals surface area contributed by atoms with Crippen LogP contribution in [0, 0.1) is 5.41 Å². The molecule has 0 heterocycles. The third-order valence-corrected chi connectivity index (χ3v) is 2.36. The van der Waals surface area contributed by atoms with Gasteiger partial charge in [-0.25, -0.2) is 0 Å². The molecule has 2 unspecified atom stereocenters. The van der Waals surface area contributed by atoms with Crippen molar-refractivity contribution in [2.75, 3.05) is 13.7 Å². The summed E-state index contributed by atoms with van der Waals surface area (Å²) in [6.07, 6.45) is 3.12. The molecule has 0 bridgehead atoms. The van der Waals surface area contributed by atoms with E-state index in [-0.39, 0.29) is 11.5 Å². The van der Waals surface area contributed by atoms with Crippen molar-refractivity contribution in [2.24, 2.45) is 5.41 Å². The van der Waals surface area contributed by atoms with Crippen LogP contribution in [-0.2, 0) is 4.74 Å². The summed E-state index contributed by atoms with van der Waals surface area (Å²) in [6, 6.07) is 0.363. The maximum atomic E-state index is 5.57. The van der Waals surface area contributed by atoms with Crippen LogP contribution >= 0.6 is 0 Å². The molecular weight excluding hydrogens is 174 g/mol. The van der Waals surface area contributed by atoms with E-state index in [4.69, 9.17) is 4.74 Å². The Balaban J connectivity index is 4.48. The lowest BCUT2D eigenvalue weighted by Crippen LogP contribution is -2.47. The van der Waals surface area contributed by atoms with E-state index in [2.05, 4.69) is 39.6 Å². The van der Waals surface area contributed by atoms with E-state index in [1.54, 1.807) is 7.11 Å². The number of nitrogens with one attached hydrogen (secondary N) is 1. The topological polar surface area (TPSA) is 21.3 Å². The molecule has 0 aromatic heterocycles. The fraction of sp³-hybridized carbons (Fsp3) is 0.833. The highest BCUT2D eigenvalue weighted by Crippen LogP contribution is 2.25. The van der Waals surface area contributed by atoms with Crippen LogP contribution < -0.4 is 5.32 Å². The second kappa shape index (κ2) is 6.20. The molecule has 0 aromatic carbocycles. The van der Waals surface area contributed by atoms with Crippen molar-refractivity contribution in [1.82, 2.24) is 5.32 Å². The predicted octanol–water partition coefficient (Wildman–Crippen LogP) is 2.60. The molecule has 0 rings (SSSR count). The van der Waals surface area contributed by atoms with Gasteiger partial charge in [-0.2, -0.15) is 0 Å².